The molecule has 0 spiro atoms. The molecular weight excluding hydrogens is 330 g/mol. The predicted molar refractivity (Wildman–Crippen MR) is 105 cm³/mol. The first kappa shape index (κ1) is 18.0. The van der Waals surface area contributed by atoms with Crippen LogP contribution in [0.1, 0.15) is 17.4 Å². The number of hydrogen-bond donors (Lipinski definition) is 1. The number of hydrogen-bond acceptors (Lipinski definition) is 4. The third kappa shape index (κ3) is 4.61. The summed E-state index contributed by atoms with van der Waals surface area (Å²) in [5.74, 6) is 0.140. The Morgan fingerprint density at radius 1 is 1.16 bits per heavy atom. The second-order valence-electron chi connectivity index (χ2n) is 6.61. The molecule has 1 saturated heterocycles. The smallest absolute Gasteiger partial charge is 0.237 e. The SMILES string of the molecule is Cc1ccccc1N1CCN([C@@H](C)C(=O)NCCc2cccs2)CC1. The summed E-state index contributed by atoms with van der Waals surface area (Å²) in [5, 5.41) is 5.16. The summed E-state index contributed by atoms with van der Waals surface area (Å²) in [6, 6.07) is 12.6. The Morgan fingerprint density at radius 3 is 2.60 bits per heavy atom. The molecule has 3 rings (SSSR count). The first-order chi connectivity index (χ1) is 12.1. The van der Waals surface area contributed by atoms with Gasteiger partial charge in [0.15, 0.2) is 0 Å². The average Bonchev–Trinajstić information content (AvgIpc) is 3.15. The van der Waals surface area contributed by atoms with E-state index >= 15 is 0 Å². The van der Waals surface area contributed by atoms with Gasteiger partial charge in [0.05, 0.1) is 6.04 Å². The first-order valence-electron chi connectivity index (χ1n) is 9.00. The number of para-hydroxylation sites is 1. The van der Waals surface area contributed by atoms with Crippen molar-refractivity contribution >= 4 is 22.9 Å². The molecule has 1 atom stereocenters. The van der Waals surface area contributed by atoms with E-state index in [0.717, 1.165) is 32.6 Å². The van der Waals surface area contributed by atoms with Gasteiger partial charge in [-0.3, -0.25) is 9.69 Å². The highest BCUT2D eigenvalue weighted by Gasteiger charge is 2.25. The fourth-order valence-electron chi connectivity index (χ4n) is 3.35. The van der Waals surface area contributed by atoms with Gasteiger partial charge in [-0.25, -0.2) is 0 Å². The Hall–Kier alpha value is -1.85. The molecule has 0 saturated carbocycles. The number of anilines is 1. The molecule has 1 aliphatic heterocycles. The molecule has 134 valence electrons. The van der Waals surface area contributed by atoms with Gasteiger partial charge in [-0.05, 0) is 43.3 Å². The Balaban J connectivity index is 1.45. The van der Waals surface area contributed by atoms with E-state index < -0.39 is 0 Å². The van der Waals surface area contributed by atoms with Gasteiger partial charge in [0.2, 0.25) is 5.91 Å². The van der Waals surface area contributed by atoms with Crippen LogP contribution >= 0.6 is 11.3 Å². The lowest BCUT2D eigenvalue weighted by atomic mass is 10.1. The van der Waals surface area contributed by atoms with Crippen LogP contribution in [-0.4, -0.2) is 49.6 Å². The predicted octanol–water partition coefficient (Wildman–Crippen LogP) is 2.93. The lowest BCUT2D eigenvalue weighted by molar-refractivity contribution is -0.125. The highest BCUT2D eigenvalue weighted by atomic mass is 32.1. The summed E-state index contributed by atoms with van der Waals surface area (Å²) in [6.45, 7) is 8.68. The number of rotatable bonds is 6. The average molecular weight is 358 g/mol. The van der Waals surface area contributed by atoms with Crippen LogP contribution in [-0.2, 0) is 11.2 Å². The molecule has 1 N–H and O–H groups in total. The van der Waals surface area contributed by atoms with Gasteiger partial charge in [0.25, 0.3) is 0 Å². The molecular formula is C20H27N3OS. The third-order valence-electron chi connectivity index (χ3n) is 4.95. The molecule has 4 nitrogen and oxygen atoms in total. The fraction of sp³-hybridized carbons (Fsp3) is 0.450. The number of amides is 1. The van der Waals surface area contributed by atoms with Crippen molar-refractivity contribution in [1.82, 2.24) is 10.2 Å². The summed E-state index contributed by atoms with van der Waals surface area (Å²) in [7, 11) is 0. The van der Waals surface area contributed by atoms with Crippen molar-refractivity contribution in [2.24, 2.45) is 0 Å². The molecule has 0 radical (unpaired) electrons. The number of aryl methyl sites for hydroxylation is 1. The third-order valence-corrected chi connectivity index (χ3v) is 5.88. The van der Waals surface area contributed by atoms with E-state index in [1.807, 2.05) is 6.92 Å². The van der Waals surface area contributed by atoms with Gasteiger partial charge in [0.1, 0.15) is 0 Å². The van der Waals surface area contributed by atoms with Gasteiger partial charge in [-0.1, -0.05) is 24.3 Å². The molecule has 25 heavy (non-hydrogen) atoms. The standard InChI is InChI=1S/C20H27N3OS/c1-16-6-3-4-8-19(16)23-13-11-22(12-14-23)17(2)20(24)21-10-9-18-7-5-15-25-18/h3-8,15,17H,9-14H2,1-2H3,(H,21,24)/t17-/m0/s1. The van der Waals surface area contributed by atoms with E-state index in [-0.39, 0.29) is 11.9 Å². The fourth-order valence-corrected chi connectivity index (χ4v) is 4.05. The number of benzene rings is 1. The zero-order valence-corrected chi connectivity index (χ0v) is 15.9. The number of carbonyl (C=O) groups is 1. The second kappa shape index (κ2) is 8.50. The summed E-state index contributed by atoms with van der Waals surface area (Å²) in [6.07, 6.45) is 0.914. The highest BCUT2D eigenvalue weighted by Crippen LogP contribution is 2.21. The van der Waals surface area contributed by atoms with Crippen LogP contribution in [0.3, 0.4) is 0 Å². The zero-order chi connectivity index (χ0) is 17.6. The van der Waals surface area contributed by atoms with Gasteiger partial charge >= 0.3 is 0 Å². The number of nitrogens with one attached hydrogen (secondary N) is 1. The maximum absolute atomic E-state index is 12.4. The molecule has 2 aromatic rings. The van der Waals surface area contributed by atoms with E-state index in [2.05, 4.69) is 63.8 Å². The van der Waals surface area contributed by atoms with E-state index in [4.69, 9.17) is 0 Å². The summed E-state index contributed by atoms with van der Waals surface area (Å²) in [5.41, 5.74) is 2.63. The van der Waals surface area contributed by atoms with Crippen LogP contribution < -0.4 is 10.2 Å². The number of piperazine rings is 1. The highest BCUT2D eigenvalue weighted by molar-refractivity contribution is 7.09. The first-order valence-corrected chi connectivity index (χ1v) is 9.88. The van der Waals surface area contributed by atoms with Crippen molar-refractivity contribution in [1.29, 1.82) is 0 Å². The molecule has 5 heteroatoms. The van der Waals surface area contributed by atoms with Gasteiger partial charge in [0, 0.05) is 43.3 Å². The summed E-state index contributed by atoms with van der Waals surface area (Å²) >= 11 is 1.74. The van der Waals surface area contributed by atoms with Crippen molar-refractivity contribution in [3.63, 3.8) is 0 Å². The van der Waals surface area contributed by atoms with E-state index in [0.29, 0.717) is 6.54 Å². The molecule has 1 aromatic carbocycles. The number of nitrogens with zero attached hydrogens (tertiary/aromatic N) is 2. The van der Waals surface area contributed by atoms with E-state index in [1.165, 1.54) is 16.1 Å². The quantitative estimate of drug-likeness (QED) is 0.863. The minimum atomic E-state index is -0.0673. The van der Waals surface area contributed by atoms with Gasteiger partial charge in [-0.2, -0.15) is 0 Å². The van der Waals surface area contributed by atoms with Crippen LogP contribution in [0.25, 0.3) is 0 Å². The number of carbonyl (C=O) groups excluding carboxylic acids is 1. The molecule has 1 aromatic heterocycles. The Morgan fingerprint density at radius 2 is 1.92 bits per heavy atom. The maximum atomic E-state index is 12.4. The maximum Gasteiger partial charge on any atom is 0.237 e. The topological polar surface area (TPSA) is 35.6 Å². The van der Waals surface area contributed by atoms with Crippen LogP contribution in [0.4, 0.5) is 5.69 Å². The summed E-state index contributed by atoms with van der Waals surface area (Å²) in [4.78, 5) is 18.4. The monoisotopic (exact) mass is 357 g/mol. The minimum Gasteiger partial charge on any atom is -0.369 e. The second-order valence-corrected chi connectivity index (χ2v) is 7.64. The van der Waals surface area contributed by atoms with Crippen molar-refractivity contribution in [3.05, 3.63) is 52.2 Å². The normalized spacial score (nSPS) is 16.6. The Labute approximate surface area is 154 Å². The van der Waals surface area contributed by atoms with Crippen LogP contribution in [0.2, 0.25) is 0 Å². The summed E-state index contributed by atoms with van der Waals surface area (Å²) < 4.78 is 0. The lowest BCUT2D eigenvalue weighted by Gasteiger charge is -2.39. The van der Waals surface area contributed by atoms with Crippen molar-refractivity contribution < 1.29 is 4.79 Å². The zero-order valence-electron chi connectivity index (χ0n) is 15.1. The van der Waals surface area contributed by atoms with Crippen LogP contribution in [0, 0.1) is 6.92 Å². The molecule has 0 unspecified atom stereocenters. The van der Waals surface area contributed by atoms with Crippen LogP contribution in [0.5, 0.6) is 0 Å². The Kier molecular flexibility index (Phi) is 6.10. The molecule has 1 aliphatic rings. The van der Waals surface area contributed by atoms with Crippen LogP contribution in [0.15, 0.2) is 41.8 Å². The molecule has 0 bridgehead atoms. The largest absolute Gasteiger partial charge is 0.369 e. The lowest BCUT2D eigenvalue weighted by Crippen LogP contribution is -2.54. The minimum absolute atomic E-state index is 0.0673. The number of thiophene rings is 1. The van der Waals surface area contributed by atoms with E-state index in [1.54, 1.807) is 11.3 Å². The van der Waals surface area contributed by atoms with E-state index in [9.17, 15) is 4.79 Å². The van der Waals surface area contributed by atoms with Crippen molar-refractivity contribution in [2.75, 3.05) is 37.6 Å². The molecule has 1 fully saturated rings. The van der Waals surface area contributed by atoms with Crippen molar-refractivity contribution in [2.45, 2.75) is 26.3 Å². The molecule has 0 aliphatic carbocycles. The Bertz CT molecular complexity index is 678. The van der Waals surface area contributed by atoms with Crippen molar-refractivity contribution in [3.8, 4) is 0 Å². The molecule has 2 heterocycles. The molecule has 1 amide bonds. The van der Waals surface area contributed by atoms with Gasteiger partial charge < -0.3 is 10.2 Å². The van der Waals surface area contributed by atoms with Gasteiger partial charge in [-0.15, -0.1) is 11.3 Å².